The molecule has 1 aliphatic rings. The molecule has 96 valence electrons. The number of benzene rings is 1. The van der Waals surface area contributed by atoms with Crippen LogP contribution in [0.25, 0.3) is 0 Å². The average molecular weight is 285 g/mol. The lowest BCUT2D eigenvalue weighted by Gasteiger charge is -2.28. The van der Waals surface area contributed by atoms with Crippen molar-refractivity contribution in [1.82, 2.24) is 0 Å². The molecule has 1 fully saturated rings. The largest absolute Gasteiger partial charge is 0.259 e. The van der Waals surface area contributed by atoms with Gasteiger partial charge in [-0.15, -0.1) is 0 Å². The first-order valence-corrected chi connectivity index (χ1v) is 7.12. The summed E-state index contributed by atoms with van der Waals surface area (Å²) in [5.41, 5.74) is 0.0996. The van der Waals surface area contributed by atoms with E-state index in [0.717, 1.165) is 28.6 Å². The van der Waals surface area contributed by atoms with Crippen LogP contribution in [0.15, 0.2) is 18.2 Å². The SMILES string of the molecule is O=[N+]([O-])c1cc([C-]2SCCCS2)cc([N+](=O)[O-])c1. The Bertz CT molecular complexity index is 457. The Balaban J connectivity index is 2.38. The van der Waals surface area contributed by atoms with E-state index in [1.807, 2.05) is 0 Å². The van der Waals surface area contributed by atoms with Gasteiger partial charge in [0, 0.05) is 9.85 Å². The molecule has 1 saturated heterocycles. The van der Waals surface area contributed by atoms with E-state index in [9.17, 15) is 20.2 Å². The Hall–Kier alpha value is -1.41. The number of rotatable bonds is 3. The first kappa shape index (κ1) is 13.0. The van der Waals surface area contributed by atoms with Crippen molar-refractivity contribution in [3.63, 3.8) is 0 Å². The number of hydrogen-bond acceptors (Lipinski definition) is 6. The fraction of sp³-hybridized carbons (Fsp3) is 0.300. The van der Waals surface area contributed by atoms with Crippen LogP contribution in [0, 0.1) is 24.8 Å². The zero-order valence-corrected chi connectivity index (χ0v) is 10.8. The van der Waals surface area contributed by atoms with Crippen LogP contribution in [-0.4, -0.2) is 21.4 Å². The van der Waals surface area contributed by atoms with Crippen molar-refractivity contribution in [2.24, 2.45) is 0 Å². The topological polar surface area (TPSA) is 86.3 Å². The number of nitro groups is 2. The number of hydrogen-bond donors (Lipinski definition) is 0. The molecule has 0 bridgehead atoms. The van der Waals surface area contributed by atoms with Crippen molar-refractivity contribution >= 4 is 34.9 Å². The van der Waals surface area contributed by atoms with Crippen LogP contribution in [0.5, 0.6) is 0 Å². The maximum absolute atomic E-state index is 10.8. The summed E-state index contributed by atoms with van der Waals surface area (Å²) >= 11 is 3.18. The lowest BCUT2D eigenvalue weighted by Crippen LogP contribution is -2.03. The molecule has 1 aromatic rings. The third-order valence-electron chi connectivity index (χ3n) is 2.31. The molecule has 0 atom stereocenters. The smallest absolute Gasteiger partial charge is 0.223 e. The van der Waals surface area contributed by atoms with Crippen molar-refractivity contribution in [3.8, 4) is 0 Å². The van der Waals surface area contributed by atoms with Crippen LogP contribution in [0.1, 0.15) is 12.0 Å². The van der Waals surface area contributed by atoms with Crippen LogP contribution >= 0.6 is 23.5 Å². The molecule has 0 amide bonds. The Labute approximate surface area is 111 Å². The first-order valence-electron chi connectivity index (χ1n) is 5.15. The summed E-state index contributed by atoms with van der Waals surface area (Å²) in [4.78, 5) is 20.3. The number of non-ortho nitro benzene ring substituents is 2. The lowest BCUT2D eigenvalue weighted by molar-refractivity contribution is -0.394. The molecular weight excluding hydrogens is 276 g/mol. The van der Waals surface area contributed by atoms with Crippen molar-refractivity contribution in [2.75, 3.05) is 11.5 Å². The number of thioether (sulfide) groups is 2. The van der Waals surface area contributed by atoms with E-state index in [-0.39, 0.29) is 11.4 Å². The second-order valence-corrected chi connectivity index (χ2v) is 6.06. The molecule has 0 aromatic heterocycles. The molecule has 0 N–H and O–H groups in total. The summed E-state index contributed by atoms with van der Waals surface area (Å²) in [5.74, 6) is 1.89. The fourth-order valence-electron chi connectivity index (χ4n) is 1.52. The minimum absolute atomic E-state index is 0.238. The Morgan fingerprint density at radius 2 is 1.50 bits per heavy atom. The van der Waals surface area contributed by atoms with Gasteiger partial charge in [0.1, 0.15) is 0 Å². The van der Waals surface area contributed by atoms with E-state index in [4.69, 9.17) is 0 Å². The van der Waals surface area contributed by atoms with Crippen molar-refractivity contribution in [2.45, 2.75) is 6.42 Å². The molecule has 0 aliphatic carbocycles. The monoisotopic (exact) mass is 285 g/mol. The van der Waals surface area contributed by atoms with Gasteiger partial charge >= 0.3 is 0 Å². The Morgan fingerprint density at radius 3 is 1.94 bits per heavy atom. The van der Waals surface area contributed by atoms with E-state index in [0.29, 0.717) is 5.56 Å². The summed E-state index contributed by atoms with van der Waals surface area (Å²) in [6.45, 7) is 0. The fourth-order valence-corrected chi connectivity index (χ4v) is 4.05. The second-order valence-electron chi connectivity index (χ2n) is 3.59. The van der Waals surface area contributed by atoms with Crippen LogP contribution in [0.4, 0.5) is 11.4 Å². The summed E-state index contributed by atoms with van der Waals surface area (Å²) in [6, 6.07) is 3.78. The maximum Gasteiger partial charge on any atom is 0.223 e. The molecule has 8 heteroatoms. The van der Waals surface area contributed by atoms with Gasteiger partial charge < -0.3 is 0 Å². The highest BCUT2D eigenvalue weighted by Crippen LogP contribution is 2.44. The Morgan fingerprint density at radius 1 is 1.00 bits per heavy atom. The van der Waals surface area contributed by atoms with E-state index in [2.05, 4.69) is 0 Å². The van der Waals surface area contributed by atoms with Crippen LogP contribution in [0.2, 0.25) is 0 Å². The third kappa shape index (κ3) is 2.88. The molecule has 1 aromatic carbocycles. The molecule has 0 spiro atoms. The van der Waals surface area contributed by atoms with Gasteiger partial charge in [0.15, 0.2) is 0 Å². The highest BCUT2D eigenvalue weighted by molar-refractivity contribution is 8.21. The van der Waals surface area contributed by atoms with Crippen LogP contribution in [0.3, 0.4) is 0 Å². The van der Waals surface area contributed by atoms with Crippen molar-refractivity contribution in [3.05, 3.63) is 48.6 Å². The van der Waals surface area contributed by atoms with Gasteiger partial charge in [-0.25, -0.2) is 0 Å². The van der Waals surface area contributed by atoms with Crippen molar-refractivity contribution < 1.29 is 9.85 Å². The van der Waals surface area contributed by atoms with Crippen LogP contribution in [-0.2, 0) is 0 Å². The van der Waals surface area contributed by atoms with Gasteiger partial charge in [-0.05, 0) is 17.9 Å². The molecule has 0 saturated carbocycles. The van der Waals surface area contributed by atoms with Gasteiger partial charge in [0.2, 0.25) is 11.4 Å². The number of nitrogens with zero attached hydrogens (tertiary/aromatic N) is 2. The van der Waals surface area contributed by atoms with Crippen molar-refractivity contribution in [1.29, 1.82) is 0 Å². The highest BCUT2D eigenvalue weighted by Gasteiger charge is 2.16. The predicted molar refractivity (Wildman–Crippen MR) is 71.6 cm³/mol. The molecule has 1 heterocycles. The first-order chi connectivity index (χ1) is 8.58. The number of nitro benzene ring substituents is 2. The minimum atomic E-state index is -0.602. The normalized spacial score (nSPS) is 15.4. The molecule has 1 aliphatic heterocycles. The summed E-state index contributed by atoms with van der Waals surface area (Å²) in [5, 5.41) is 21.5. The zero-order chi connectivity index (χ0) is 13.1. The van der Waals surface area contributed by atoms with Gasteiger partial charge in [0.25, 0.3) is 0 Å². The third-order valence-corrected chi connectivity index (χ3v) is 5.00. The van der Waals surface area contributed by atoms with Gasteiger partial charge in [0.05, 0.1) is 6.07 Å². The second kappa shape index (κ2) is 5.49. The van der Waals surface area contributed by atoms with E-state index < -0.39 is 9.85 Å². The lowest BCUT2D eigenvalue weighted by atomic mass is 10.2. The molecule has 18 heavy (non-hydrogen) atoms. The summed E-state index contributed by atoms with van der Waals surface area (Å²) < 4.78 is 0.924. The minimum Gasteiger partial charge on any atom is -0.259 e. The molecule has 6 nitrogen and oxygen atoms in total. The zero-order valence-electron chi connectivity index (χ0n) is 9.20. The van der Waals surface area contributed by atoms with Gasteiger partial charge in [-0.1, -0.05) is 16.7 Å². The quantitative estimate of drug-likeness (QED) is 0.481. The summed E-state index contributed by atoms with van der Waals surface area (Å²) in [7, 11) is 0. The molecule has 0 unspecified atom stereocenters. The maximum atomic E-state index is 10.8. The van der Waals surface area contributed by atoms with E-state index in [1.165, 1.54) is 12.1 Å². The standard InChI is InChI=1S/C10H9N2O4S2/c13-11(14)8-4-7(5-9(6-8)12(15)16)10-17-2-1-3-18-10/h4-6H,1-3H2/q-1. The van der Waals surface area contributed by atoms with Crippen LogP contribution < -0.4 is 0 Å². The highest BCUT2D eigenvalue weighted by atomic mass is 32.2. The molecule has 2 rings (SSSR count). The predicted octanol–water partition coefficient (Wildman–Crippen LogP) is 3.21. The van der Waals surface area contributed by atoms with E-state index >= 15 is 0 Å². The molecular formula is C10H9N2O4S2-. The van der Waals surface area contributed by atoms with Gasteiger partial charge in [-0.3, -0.25) is 20.2 Å². The molecule has 0 radical (unpaired) electrons. The van der Waals surface area contributed by atoms with Gasteiger partial charge in [-0.2, -0.15) is 29.1 Å². The average Bonchev–Trinajstić information content (AvgIpc) is 2.39. The summed E-state index contributed by atoms with van der Waals surface area (Å²) in [6.07, 6.45) is 1.08. The Kier molecular flexibility index (Phi) is 3.97. The van der Waals surface area contributed by atoms with E-state index in [1.54, 1.807) is 23.5 Å².